The van der Waals surface area contributed by atoms with Crippen LogP contribution in [0.4, 0.5) is 0 Å². The van der Waals surface area contributed by atoms with Crippen LogP contribution in [-0.2, 0) is 9.59 Å². The van der Waals surface area contributed by atoms with E-state index in [0.717, 1.165) is 25.3 Å². The first-order chi connectivity index (χ1) is 13.6. The third-order valence-electron chi connectivity index (χ3n) is 5.04. The number of carbonyl (C=O) groups excluding carboxylic acids is 1. The maximum atomic E-state index is 12.0. The fourth-order valence-corrected chi connectivity index (χ4v) is 3.45. The number of unbranched alkanes of at least 4 members (excludes halogenated alkanes) is 10. The number of ketones is 1. The third-order valence-corrected chi connectivity index (χ3v) is 5.04. The van der Waals surface area contributed by atoms with Crippen molar-refractivity contribution >= 4 is 11.8 Å². The summed E-state index contributed by atoms with van der Waals surface area (Å²) in [5.74, 6) is -3.66. The highest BCUT2D eigenvalue weighted by Gasteiger charge is 2.34. The van der Waals surface area contributed by atoms with Crippen LogP contribution in [-0.4, -0.2) is 65.3 Å². The van der Waals surface area contributed by atoms with E-state index in [4.69, 9.17) is 0 Å². The summed E-state index contributed by atoms with van der Waals surface area (Å²) in [6, 6.07) is 0. The standard InChI is InChI=1S/C23H43NO5/c1-5-6-7-8-9-10-11-12-13-14-15-16-19(25)17-20(26)22(23(28)29)21(27)18-24(2,3)4/h17,21-22,27H,5-16,18H2,1-4H3,(H-,25,26,28,29)/p+1. The molecule has 0 bridgehead atoms. The summed E-state index contributed by atoms with van der Waals surface area (Å²) in [5, 5.41) is 29.6. The van der Waals surface area contributed by atoms with Crippen LogP contribution in [0.1, 0.15) is 84.0 Å². The van der Waals surface area contributed by atoms with Crippen molar-refractivity contribution in [3.05, 3.63) is 11.8 Å². The van der Waals surface area contributed by atoms with Gasteiger partial charge in [0.25, 0.3) is 0 Å². The number of rotatable bonds is 18. The SMILES string of the molecule is CCCCCCCCCCCCCC(=O)/C=C(\O)C(C(=O)O)C(O)C[N+](C)(C)C. The Balaban J connectivity index is 4.13. The van der Waals surface area contributed by atoms with Crippen molar-refractivity contribution in [2.75, 3.05) is 27.7 Å². The fourth-order valence-electron chi connectivity index (χ4n) is 3.45. The van der Waals surface area contributed by atoms with Crippen LogP contribution < -0.4 is 0 Å². The van der Waals surface area contributed by atoms with E-state index < -0.39 is 23.8 Å². The normalized spacial score (nSPS) is 14.6. The Morgan fingerprint density at radius 3 is 1.69 bits per heavy atom. The number of nitrogens with zero attached hydrogens (tertiary/aromatic N) is 1. The molecule has 170 valence electrons. The van der Waals surface area contributed by atoms with Crippen LogP contribution in [0.25, 0.3) is 0 Å². The van der Waals surface area contributed by atoms with Crippen LogP contribution in [0, 0.1) is 5.92 Å². The molecule has 0 fully saturated rings. The average Bonchev–Trinajstić information content (AvgIpc) is 2.57. The number of carboxylic acid groups (broad SMARTS) is 1. The van der Waals surface area contributed by atoms with Gasteiger partial charge in [0.1, 0.15) is 24.3 Å². The molecule has 0 aliphatic rings. The predicted octanol–water partition coefficient (Wildman–Crippen LogP) is 4.47. The maximum absolute atomic E-state index is 12.0. The van der Waals surface area contributed by atoms with Gasteiger partial charge >= 0.3 is 5.97 Å². The van der Waals surface area contributed by atoms with Gasteiger partial charge in [0, 0.05) is 12.5 Å². The van der Waals surface area contributed by atoms with E-state index in [0.29, 0.717) is 10.9 Å². The van der Waals surface area contributed by atoms with Gasteiger partial charge in [-0.2, -0.15) is 0 Å². The highest BCUT2D eigenvalue weighted by Crippen LogP contribution is 2.17. The van der Waals surface area contributed by atoms with Gasteiger partial charge in [-0.3, -0.25) is 9.59 Å². The zero-order valence-corrected chi connectivity index (χ0v) is 19.0. The molecule has 2 unspecified atom stereocenters. The molecule has 0 aromatic carbocycles. The number of quaternary nitrogens is 1. The van der Waals surface area contributed by atoms with Gasteiger partial charge in [-0.1, -0.05) is 71.1 Å². The molecular weight excluding hydrogens is 370 g/mol. The Kier molecular flexibility index (Phi) is 14.7. The van der Waals surface area contributed by atoms with Crippen molar-refractivity contribution < 1.29 is 29.4 Å². The molecule has 0 heterocycles. The average molecular weight is 415 g/mol. The molecule has 0 rings (SSSR count). The largest absolute Gasteiger partial charge is 0.511 e. The zero-order valence-electron chi connectivity index (χ0n) is 19.0. The van der Waals surface area contributed by atoms with E-state index in [1.165, 1.54) is 51.4 Å². The van der Waals surface area contributed by atoms with E-state index in [1.807, 2.05) is 21.1 Å². The number of hydrogen-bond donors (Lipinski definition) is 3. The van der Waals surface area contributed by atoms with Crippen molar-refractivity contribution in [3.8, 4) is 0 Å². The maximum Gasteiger partial charge on any atom is 0.317 e. The van der Waals surface area contributed by atoms with Gasteiger partial charge in [-0.25, -0.2) is 0 Å². The molecule has 0 saturated heterocycles. The number of carboxylic acids is 1. The van der Waals surface area contributed by atoms with E-state index in [-0.39, 0.29) is 12.3 Å². The van der Waals surface area contributed by atoms with E-state index in [2.05, 4.69) is 6.92 Å². The van der Waals surface area contributed by atoms with Crippen molar-refractivity contribution in [1.82, 2.24) is 0 Å². The minimum Gasteiger partial charge on any atom is -0.511 e. The molecule has 0 amide bonds. The Morgan fingerprint density at radius 1 is 0.828 bits per heavy atom. The summed E-state index contributed by atoms with van der Waals surface area (Å²) < 4.78 is 0.352. The second kappa shape index (κ2) is 15.4. The monoisotopic (exact) mass is 414 g/mol. The van der Waals surface area contributed by atoms with E-state index >= 15 is 0 Å². The first-order valence-corrected chi connectivity index (χ1v) is 11.2. The number of aliphatic hydroxyl groups excluding tert-OH is 2. The summed E-state index contributed by atoms with van der Waals surface area (Å²) in [5.41, 5.74) is 0. The quantitative estimate of drug-likeness (QED) is 0.133. The zero-order chi connectivity index (χ0) is 22.3. The summed E-state index contributed by atoms with van der Waals surface area (Å²) in [6.07, 6.45) is 13.1. The van der Waals surface area contributed by atoms with Crippen molar-refractivity contribution in [2.24, 2.45) is 5.92 Å². The lowest BCUT2D eigenvalue weighted by molar-refractivity contribution is -0.873. The molecule has 0 aliphatic heterocycles. The number of aliphatic hydroxyl groups is 2. The summed E-state index contributed by atoms with van der Waals surface area (Å²) in [7, 11) is 5.46. The molecule has 29 heavy (non-hydrogen) atoms. The Labute approximate surface area is 177 Å². The molecule has 2 atom stereocenters. The summed E-state index contributed by atoms with van der Waals surface area (Å²) in [6.45, 7) is 2.38. The van der Waals surface area contributed by atoms with Gasteiger partial charge in [-0.05, 0) is 6.42 Å². The van der Waals surface area contributed by atoms with Crippen LogP contribution in [0.5, 0.6) is 0 Å². The first kappa shape index (κ1) is 27.6. The van der Waals surface area contributed by atoms with Crippen molar-refractivity contribution in [1.29, 1.82) is 0 Å². The molecule has 3 N–H and O–H groups in total. The number of allylic oxidation sites excluding steroid dienone is 1. The molecule has 0 aromatic rings. The molecule has 6 heteroatoms. The highest BCUT2D eigenvalue weighted by molar-refractivity contribution is 5.91. The smallest absolute Gasteiger partial charge is 0.317 e. The number of hydrogen-bond acceptors (Lipinski definition) is 4. The van der Waals surface area contributed by atoms with E-state index in [9.17, 15) is 24.9 Å². The molecule has 0 spiro atoms. The van der Waals surface area contributed by atoms with Gasteiger partial charge < -0.3 is 19.8 Å². The third kappa shape index (κ3) is 15.1. The summed E-state index contributed by atoms with van der Waals surface area (Å²) >= 11 is 0. The second-order valence-corrected chi connectivity index (χ2v) is 9.18. The Morgan fingerprint density at radius 2 is 1.28 bits per heavy atom. The predicted molar refractivity (Wildman–Crippen MR) is 117 cm³/mol. The van der Waals surface area contributed by atoms with Gasteiger partial charge in [0.2, 0.25) is 0 Å². The van der Waals surface area contributed by atoms with Crippen LogP contribution in [0.3, 0.4) is 0 Å². The molecule has 0 aromatic heterocycles. The summed E-state index contributed by atoms with van der Waals surface area (Å²) in [4.78, 5) is 23.5. The lowest BCUT2D eigenvalue weighted by Crippen LogP contribution is -2.46. The first-order valence-electron chi connectivity index (χ1n) is 11.2. The second-order valence-electron chi connectivity index (χ2n) is 9.18. The fraction of sp³-hybridized carbons (Fsp3) is 0.826. The van der Waals surface area contributed by atoms with Crippen LogP contribution in [0.15, 0.2) is 11.8 Å². The van der Waals surface area contributed by atoms with E-state index in [1.54, 1.807) is 0 Å². The Bertz CT molecular complexity index is 496. The van der Waals surface area contributed by atoms with Crippen molar-refractivity contribution in [2.45, 2.75) is 90.1 Å². The molecule has 0 aliphatic carbocycles. The number of carbonyl (C=O) groups is 2. The minimum atomic E-state index is -1.48. The number of likely N-dealkylation sites (N-methyl/N-ethyl adjacent to an activating group) is 1. The topological polar surface area (TPSA) is 94.8 Å². The number of aliphatic carboxylic acids is 1. The van der Waals surface area contributed by atoms with Crippen LogP contribution >= 0.6 is 0 Å². The molecule has 6 nitrogen and oxygen atoms in total. The van der Waals surface area contributed by atoms with Gasteiger partial charge in [0.15, 0.2) is 5.78 Å². The van der Waals surface area contributed by atoms with Gasteiger partial charge in [0.05, 0.1) is 21.1 Å². The van der Waals surface area contributed by atoms with Gasteiger partial charge in [-0.15, -0.1) is 0 Å². The highest BCUT2D eigenvalue weighted by atomic mass is 16.4. The van der Waals surface area contributed by atoms with Crippen molar-refractivity contribution in [3.63, 3.8) is 0 Å². The lowest BCUT2D eigenvalue weighted by atomic mass is 9.97. The van der Waals surface area contributed by atoms with Crippen LogP contribution in [0.2, 0.25) is 0 Å². The molecular formula is C23H44NO5+. The minimum absolute atomic E-state index is 0.154. The molecule has 0 radical (unpaired) electrons. The lowest BCUT2D eigenvalue weighted by Gasteiger charge is -2.29. The molecule has 0 saturated carbocycles. The Hall–Kier alpha value is -1.40.